The number of Topliss-reactive ketones (excluding diaryl/α,β-unsaturated/α-hetero) is 1. The van der Waals surface area contributed by atoms with Gasteiger partial charge in [-0.05, 0) is 80.4 Å². The van der Waals surface area contributed by atoms with Gasteiger partial charge in [0.15, 0.2) is 5.78 Å². The maximum atomic E-state index is 13.2. The first-order valence-electron chi connectivity index (χ1n) is 12.6. The maximum Gasteiger partial charge on any atom is 0.162 e. The number of ketones is 1. The summed E-state index contributed by atoms with van der Waals surface area (Å²) in [6.45, 7) is 2.49. The summed E-state index contributed by atoms with van der Waals surface area (Å²) in [6, 6.07) is 22.7. The summed E-state index contributed by atoms with van der Waals surface area (Å²) >= 11 is 0. The highest BCUT2D eigenvalue weighted by molar-refractivity contribution is 5.95. The van der Waals surface area contributed by atoms with Gasteiger partial charge in [0.05, 0.1) is 20.3 Å². The van der Waals surface area contributed by atoms with Crippen LogP contribution in [0.1, 0.15) is 53.2 Å². The topological polar surface area (TPSA) is 50.8 Å². The number of halogens is 1. The number of methoxy groups -OCH3 is 2. The number of ether oxygens (including phenoxy) is 2. The number of carbonyl (C=O) groups is 1. The molecule has 5 nitrogen and oxygen atoms in total. The molecule has 0 aliphatic carbocycles. The molecule has 36 heavy (non-hydrogen) atoms. The average molecular weight is 491 g/mol. The molecule has 0 amide bonds. The van der Waals surface area contributed by atoms with Gasteiger partial charge in [-0.25, -0.2) is 4.39 Å². The van der Waals surface area contributed by atoms with Crippen LogP contribution in [0.5, 0.6) is 11.5 Å². The standard InChI is InChI=1S/C30H35FN2O3/c1-35-26-16-17-29(36-2)24(20-26)21-32-27-10-6-18-33(30(27)23-8-4-3-5-9-23)19-7-11-28(34)22-12-14-25(31)15-13-22/h3-5,8-9,12-17,20,27,30,32H,6-7,10-11,18-19,21H2,1-2H3/t27-,30-/m0/s1. The second kappa shape index (κ2) is 12.7. The van der Waals surface area contributed by atoms with Crippen molar-refractivity contribution >= 4 is 5.78 Å². The van der Waals surface area contributed by atoms with Crippen molar-refractivity contribution in [2.45, 2.75) is 44.3 Å². The molecule has 1 saturated heterocycles. The number of hydrogen-bond donors (Lipinski definition) is 1. The molecule has 0 bridgehead atoms. The van der Waals surface area contributed by atoms with Gasteiger partial charge in [0.25, 0.3) is 0 Å². The fraction of sp³-hybridized carbons (Fsp3) is 0.367. The Morgan fingerprint density at radius 2 is 1.81 bits per heavy atom. The number of piperidine rings is 1. The van der Waals surface area contributed by atoms with Crippen LogP contribution >= 0.6 is 0 Å². The third kappa shape index (κ3) is 6.50. The van der Waals surface area contributed by atoms with E-state index < -0.39 is 0 Å². The van der Waals surface area contributed by atoms with Gasteiger partial charge in [-0.3, -0.25) is 9.69 Å². The molecule has 1 fully saturated rings. The first-order chi connectivity index (χ1) is 17.6. The Bertz CT molecular complexity index is 1120. The van der Waals surface area contributed by atoms with Gasteiger partial charge in [-0.2, -0.15) is 0 Å². The minimum Gasteiger partial charge on any atom is -0.497 e. The Labute approximate surface area is 213 Å². The number of benzene rings is 3. The van der Waals surface area contributed by atoms with E-state index in [9.17, 15) is 9.18 Å². The molecule has 0 saturated carbocycles. The Morgan fingerprint density at radius 1 is 1.03 bits per heavy atom. The fourth-order valence-electron chi connectivity index (χ4n) is 5.11. The van der Waals surface area contributed by atoms with E-state index in [4.69, 9.17) is 9.47 Å². The van der Waals surface area contributed by atoms with Crippen molar-refractivity contribution in [1.29, 1.82) is 0 Å². The summed E-state index contributed by atoms with van der Waals surface area (Å²) in [5.41, 5.74) is 2.91. The van der Waals surface area contributed by atoms with E-state index in [1.54, 1.807) is 26.4 Å². The predicted molar refractivity (Wildman–Crippen MR) is 140 cm³/mol. The van der Waals surface area contributed by atoms with Crippen LogP contribution in [0.15, 0.2) is 72.8 Å². The van der Waals surface area contributed by atoms with Gasteiger partial charge in [0.1, 0.15) is 17.3 Å². The lowest BCUT2D eigenvalue weighted by atomic mass is 9.89. The van der Waals surface area contributed by atoms with Crippen LogP contribution in [0, 0.1) is 5.82 Å². The second-order valence-corrected chi connectivity index (χ2v) is 9.23. The Kier molecular flexibility index (Phi) is 9.09. The van der Waals surface area contributed by atoms with E-state index in [0.717, 1.165) is 49.4 Å². The molecular weight excluding hydrogens is 455 g/mol. The highest BCUT2D eigenvalue weighted by atomic mass is 19.1. The van der Waals surface area contributed by atoms with E-state index >= 15 is 0 Å². The third-order valence-electron chi connectivity index (χ3n) is 6.93. The lowest BCUT2D eigenvalue weighted by molar-refractivity contribution is 0.0929. The normalized spacial score (nSPS) is 18.1. The van der Waals surface area contributed by atoms with Crippen molar-refractivity contribution in [2.75, 3.05) is 27.3 Å². The van der Waals surface area contributed by atoms with Crippen molar-refractivity contribution in [1.82, 2.24) is 10.2 Å². The van der Waals surface area contributed by atoms with Gasteiger partial charge >= 0.3 is 0 Å². The molecule has 0 aromatic heterocycles. The van der Waals surface area contributed by atoms with Crippen LogP contribution in [0.2, 0.25) is 0 Å². The fourth-order valence-corrected chi connectivity index (χ4v) is 5.11. The quantitative estimate of drug-likeness (QED) is 0.344. The Morgan fingerprint density at radius 3 is 2.53 bits per heavy atom. The van der Waals surface area contributed by atoms with Crippen LogP contribution in [-0.2, 0) is 6.54 Å². The first-order valence-corrected chi connectivity index (χ1v) is 12.6. The molecule has 6 heteroatoms. The average Bonchev–Trinajstić information content (AvgIpc) is 2.92. The zero-order chi connectivity index (χ0) is 25.3. The molecule has 0 radical (unpaired) electrons. The maximum absolute atomic E-state index is 13.2. The molecule has 3 aromatic rings. The molecule has 0 unspecified atom stereocenters. The number of nitrogens with one attached hydrogen (secondary N) is 1. The van der Waals surface area contributed by atoms with Crippen LogP contribution in [0.25, 0.3) is 0 Å². The zero-order valence-electron chi connectivity index (χ0n) is 21.1. The number of nitrogens with zero attached hydrogens (tertiary/aromatic N) is 1. The van der Waals surface area contributed by atoms with Crippen LogP contribution in [-0.4, -0.2) is 44.0 Å². The third-order valence-corrected chi connectivity index (χ3v) is 6.93. The molecule has 0 spiro atoms. The molecule has 1 aliphatic heterocycles. The molecule has 1 aliphatic rings. The molecule has 190 valence electrons. The van der Waals surface area contributed by atoms with E-state index in [1.165, 1.54) is 17.7 Å². The summed E-state index contributed by atoms with van der Waals surface area (Å²) in [7, 11) is 3.36. The van der Waals surface area contributed by atoms with Crippen LogP contribution in [0.4, 0.5) is 4.39 Å². The van der Waals surface area contributed by atoms with Crippen LogP contribution < -0.4 is 14.8 Å². The Hall–Kier alpha value is -3.22. The van der Waals surface area contributed by atoms with Crippen LogP contribution in [0.3, 0.4) is 0 Å². The molecule has 3 aromatic carbocycles. The van der Waals surface area contributed by atoms with Crippen molar-refractivity contribution in [3.63, 3.8) is 0 Å². The molecule has 1 heterocycles. The van der Waals surface area contributed by atoms with Crippen molar-refractivity contribution in [2.24, 2.45) is 0 Å². The number of rotatable bonds is 11. The lowest BCUT2D eigenvalue weighted by Crippen LogP contribution is -2.48. The molecular formula is C30H35FN2O3. The summed E-state index contributed by atoms with van der Waals surface area (Å²) in [5, 5.41) is 3.79. The largest absolute Gasteiger partial charge is 0.497 e. The number of carbonyl (C=O) groups excluding carboxylic acids is 1. The van der Waals surface area contributed by atoms with E-state index in [2.05, 4.69) is 34.5 Å². The van der Waals surface area contributed by atoms with Gasteiger partial charge in [-0.15, -0.1) is 0 Å². The Balaban J connectivity index is 1.45. The van der Waals surface area contributed by atoms with Crippen molar-refractivity contribution in [3.8, 4) is 11.5 Å². The summed E-state index contributed by atoms with van der Waals surface area (Å²) in [4.78, 5) is 15.1. The second-order valence-electron chi connectivity index (χ2n) is 9.23. The highest BCUT2D eigenvalue weighted by Crippen LogP contribution is 2.33. The highest BCUT2D eigenvalue weighted by Gasteiger charge is 2.32. The van der Waals surface area contributed by atoms with Gasteiger partial charge in [0, 0.05) is 30.1 Å². The molecule has 2 atom stereocenters. The van der Waals surface area contributed by atoms with Gasteiger partial charge in [-0.1, -0.05) is 30.3 Å². The monoisotopic (exact) mass is 490 g/mol. The minimum atomic E-state index is -0.323. The summed E-state index contributed by atoms with van der Waals surface area (Å²) < 4.78 is 24.2. The number of likely N-dealkylation sites (tertiary alicyclic amines) is 1. The molecule has 4 rings (SSSR count). The SMILES string of the molecule is COc1ccc(OC)c(CN[C@H]2CCCN(CCCC(=O)c3ccc(F)cc3)[C@H]2c2ccccc2)c1. The number of hydrogen-bond acceptors (Lipinski definition) is 5. The summed E-state index contributed by atoms with van der Waals surface area (Å²) in [6.07, 6.45) is 3.36. The van der Waals surface area contributed by atoms with Crippen molar-refractivity contribution < 1.29 is 18.7 Å². The van der Waals surface area contributed by atoms with E-state index in [0.29, 0.717) is 18.5 Å². The lowest BCUT2D eigenvalue weighted by Gasteiger charge is -2.42. The zero-order valence-corrected chi connectivity index (χ0v) is 21.1. The summed E-state index contributed by atoms with van der Waals surface area (Å²) in [5.74, 6) is 1.38. The van der Waals surface area contributed by atoms with Gasteiger partial charge in [0.2, 0.25) is 0 Å². The van der Waals surface area contributed by atoms with E-state index in [1.807, 2.05) is 24.3 Å². The minimum absolute atomic E-state index is 0.0584. The first kappa shape index (κ1) is 25.9. The van der Waals surface area contributed by atoms with E-state index in [-0.39, 0.29) is 23.7 Å². The smallest absolute Gasteiger partial charge is 0.162 e. The predicted octanol–water partition coefficient (Wildman–Crippen LogP) is 5.80. The van der Waals surface area contributed by atoms with Crippen molar-refractivity contribution in [3.05, 3.63) is 95.3 Å². The van der Waals surface area contributed by atoms with Gasteiger partial charge < -0.3 is 14.8 Å². The molecule has 1 N–H and O–H groups in total.